The van der Waals surface area contributed by atoms with Crippen LogP contribution in [0.25, 0.3) is 0 Å². The lowest BCUT2D eigenvalue weighted by Crippen LogP contribution is -2.50. The van der Waals surface area contributed by atoms with Crippen molar-refractivity contribution in [3.63, 3.8) is 0 Å². The van der Waals surface area contributed by atoms with Crippen LogP contribution in [-0.2, 0) is 4.79 Å². The molecule has 3 rings (SSSR count). The second kappa shape index (κ2) is 6.47. The SMILES string of the molecule is Cc1ccc(Cl)c(OC(C)C(=O)NC2CC3CCC(C2)N3)c1. The first kappa shape index (κ1) is 15.6. The van der Waals surface area contributed by atoms with Crippen molar-refractivity contribution in [2.75, 3.05) is 0 Å². The lowest BCUT2D eigenvalue weighted by Gasteiger charge is -2.30. The molecule has 0 radical (unpaired) electrons. The molecule has 1 aromatic carbocycles. The highest BCUT2D eigenvalue weighted by atomic mass is 35.5. The minimum Gasteiger partial charge on any atom is -0.479 e. The number of amides is 1. The molecule has 120 valence electrons. The maximum absolute atomic E-state index is 12.3. The van der Waals surface area contributed by atoms with Crippen LogP contribution in [0, 0.1) is 6.92 Å². The molecule has 22 heavy (non-hydrogen) atoms. The first-order chi connectivity index (χ1) is 10.5. The van der Waals surface area contributed by atoms with E-state index in [-0.39, 0.29) is 11.9 Å². The van der Waals surface area contributed by atoms with Crippen LogP contribution in [0.2, 0.25) is 5.02 Å². The van der Waals surface area contributed by atoms with E-state index in [2.05, 4.69) is 10.6 Å². The van der Waals surface area contributed by atoms with Crippen molar-refractivity contribution in [1.29, 1.82) is 0 Å². The van der Waals surface area contributed by atoms with E-state index in [0.717, 1.165) is 18.4 Å². The number of carbonyl (C=O) groups excluding carboxylic acids is 1. The molecule has 2 heterocycles. The van der Waals surface area contributed by atoms with Gasteiger partial charge in [0.25, 0.3) is 5.91 Å². The van der Waals surface area contributed by atoms with Gasteiger partial charge in [0.1, 0.15) is 5.75 Å². The van der Waals surface area contributed by atoms with Gasteiger partial charge in [-0.3, -0.25) is 4.79 Å². The summed E-state index contributed by atoms with van der Waals surface area (Å²) in [5, 5.41) is 7.24. The van der Waals surface area contributed by atoms with E-state index >= 15 is 0 Å². The predicted octanol–water partition coefficient (Wildman–Crippen LogP) is 2.81. The van der Waals surface area contributed by atoms with Crippen LogP contribution in [0.4, 0.5) is 0 Å². The first-order valence-corrected chi connectivity index (χ1v) is 8.38. The molecule has 2 aliphatic heterocycles. The summed E-state index contributed by atoms with van der Waals surface area (Å²) in [7, 11) is 0. The lowest BCUT2D eigenvalue weighted by atomic mass is 9.99. The highest BCUT2D eigenvalue weighted by Gasteiger charge is 2.34. The largest absolute Gasteiger partial charge is 0.479 e. The molecule has 0 aliphatic carbocycles. The van der Waals surface area contributed by atoms with Crippen molar-refractivity contribution in [2.24, 2.45) is 0 Å². The van der Waals surface area contributed by atoms with Crippen molar-refractivity contribution >= 4 is 17.5 Å². The molecular formula is C17H23ClN2O2. The molecule has 5 heteroatoms. The highest BCUT2D eigenvalue weighted by Crippen LogP contribution is 2.28. The normalized spacial score (nSPS) is 28.2. The van der Waals surface area contributed by atoms with Crippen molar-refractivity contribution in [1.82, 2.24) is 10.6 Å². The molecule has 0 aromatic heterocycles. The third kappa shape index (κ3) is 3.55. The van der Waals surface area contributed by atoms with Crippen molar-refractivity contribution in [2.45, 2.75) is 63.8 Å². The Morgan fingerprint density at radius 1 is 1.36 bits per heavy atom. The molecule has 0 spiro atoms. The maximum Gasteiger partial charge on any atom is 0.260 e. The van der Waals surface area contributed by atoms with Crippen LogP contribution in [0.5, 0.6) is 5.75 Å². The molecule has 2 aliphatic rings. The summed E-state index contributed by atoms with van der Waals surface area (Å²) in [6.45, 7) is 3.74. The van der Waals surface area contributed by atoms with Gasteiger partial charge in [-0.25, -0.2) is 0 Å². The number of rotatable bonds is 4. The van der Waals surface area contributed by atoms with Gasteiger partial charge < -0.3 is 15.4 Å². The average molecular weight is 323 g/mol. The van der Waals surface area contributed by atoms with Gasteiger partial charge in [-0.05, 0) is 57.2 Å². The molecule has 2 fully saturated rings. The molecule has 3 unspecified atom stereocenters. The van der Waals surface area contributed by atoms with Crippen molar-refractivity contribution in [3.8, 4) is 5.75 Å². The van der Waals surface area contributed by atoms with Gasteiger partial charge in [0, 0.05) is 18.1 Å². The smallest absolute Gasteiger partial charge is 0.260 e. The molecule has 2 saturated heterocycles. The van der Waals surface area contributed by atoms with E-state index in [0.29, 0.717) is 22.9 Å². The molecule has 2 bridgehead atoms. The number of aryl methyl sites for hydroxylation is 1. The number of ether oxygens (including phenoxy) is 1. The maximum atomic E-state index is 12.3. The lowest BCUT2D eigenvalue weighted by molar-refractivity contribution is -0.128. The number of piperidine rings is 1. The van der Waals surface area contributed by atoms with Gasteiger partial charge in [0.05, 0.1) is 5.02 Å². The summed E-state index contributed by atoms with van der Waals surface area (Å²) in [6, 6.07) is 6.95. The van der Waals surface area contributed by atoms with Gasteiger partial charge in [-0.2, -0.15) is 0 Å². The zero-order valence-electron chi connectivity index (χ0n) is 13.1. The van der Waals surface area contributed by atoms with Crippen LogP contribution >= 0.6 is 11.6 Å². The fourth-order valence-electron chi connectivity index (χ4n) is 3.44. The Balaban J connectivity index is 1.56. The Kier molecular flexibility index (Phi) is 4.59. The Morgan fingerprint density at radius 2 is 2.05 bits per heavy atom. The van der Waals surface area contributed by atoms with Gasteiger partial charge in [-0.1, -0.05) is 17.7 Å². The molecular weight excluding hydrogens is 300 g/mol. The second-order valence-electron chi connectivity index (χ2n) is 6.51. The predicted molar refractivity (Wildman–Crippen MR) is 87.4 cm³/mol. The van der Waals surface area contributed by atoms with E-state index in [9.17, 15) is 4.79 Å². The molecule has 1 amide bonds. The minimum atomic E-state index is -0.549. The van der Waals surface area contributed by atoms with E-state index < -0.39 is 6.10 Å². The van der Waals surface area contributed by atoms with Crippen molar-refractivity contribution < 1.29 is 9.53 Å². The summed E-state index contributed by atoms with van der Waals surface area (Å²) >= 11 is 6.12. The van der Waals surface area contributed by atoms with Crippen LogP contribution in [0.15, 0.2) is 18.2 Å². The zero-order chi connectivity index (χ0) is 15.7. The number of benzene rings is 1. The monoisotopic (exact) mass is 322 g/mol. The fraction of sp³-hybridized carbons (Fsp3) is 0.588. The van der Waals surface area contributed by atoms with Crippen LogP contribution in [-0.4, -0.2) is 30.1 Å². The Hall–Kier alpha value is -1.26. The fourth-order valence-corrected chi connectivity index (χ4v) is 3.60. The molecule has 3 atom stereocenters. The Labute approximate surface area is 136 Å². The number of halogens is 1. The van der Waals surface area contributed by atoms with Crippen LogP contribution < -0.4 is 15.4 Å². The highest BCUT2D eigenvalue weighted by molar-refractivity contribution is 6.32. The number of nitrogens with one attached hydrogen (secondary N) is 2. The summed E-state index contributed by atoms with van der Waals surface area (Å²) in [4.78, 5) is 12.3. The molecule has 2 N–H and O–H groups in total. The van der Waals surface area contributed by atoms with Gasteiger partial charge in [0.15, 0.2) is 6.10 Å². The van der Waals surface area contributed by atoms with E-state index in [1.54, 1.807) is 13.0 Å². The molecule has 4 nitrogen and oxygen atoms in total. The minimum absolute atomic E-state index is 0.0659. The Morgan fingerprint density at radius 3 is 2.73 bits per heavy atom. The Bertz CT molecular complexity index is 552. The summed E-state index contributed by atoms with van der Waals surface area (Å²) in [6.07, 6.45) is 3.93. The third-order valence-electron chi connectivity index (χ3n) is 4.58. The van der Waals surface area contributed by atoms with Gasteiger partial charge in [0.2, 0.25) is 0 Å². The number of carbonyl (C=O) groups is 1. The van der Waals surface area contributed by atoms with Crippen molar-refractivity contribution in [3.05, 3.63) is 28.8 Å². The average Bonchev–Trinajstić information content (AvgIpc) is 2.81. The first-order valence-electron chi connectivity index (χ1n) is 8.00. The molecule has 1 aromatic rings. The second-order valence-corrected chi connectivity index (χ2v) is 6.92. The number of hydrogen-bond donors (Lipinski definition) is 2. The van der Waals surface area contributed by atoms with E-state index in [1.165, 1.54) is 12.8 Å². The number of fused-ring (bicyclic) bond motifs is 2. The van der Waals surface area contributed by atoms with Gasteiger partial charge >= 0.3 is 0 Å². The topological polar surface area (TPSA) is 50.4 Å². The molecule has 0 saturated carbocycles. The van der Waals surface area contributed by atoms with E-state index in [4.69, 9.17) is 16.3 Å². The summed E-state index contributed by atoms with van der Waals surface area (Å²) in [5.74, 6) is 0.499. The van der Waals surface area contributed by atoms with Crippen LogP contribution in [0.3, 0.4) is 0 Å². The quantitative estimate of drug-likeness (QED) is 0.896. The number of hydrogen-bond acceptors (Lipinski definition) is 3. The van der Waals surface area contributed by atoms with E-state index in [1.807, 2.05) is 19.1 Å². The third-order valence-corrected chi connectivity index (χ3v) is 4.89. The zero-order valence-corrected chi connectivity index (χ0v) is 13.8. The standard InChI is InChI=1S/C17H23ClN2O2/c1-10-3-6-15(18)16(7-10)22-11(2)17(21)20-14-8-12-4-5-13(9-14)19-12/h3,6-7,11-14,19H,4-5,8-9H2,1-2H3,(H,20,21). The summed E-state index contributed by atoms with van der Waals surface area (Å²) < 4.78 is 5.74. The van der Waals surface area contributed by atoms with Crippen LogP contribution in [0.1, 0.15) is 38.2 Å². The summed E-state index contributed by atoms with van der Waals surface area (Å²) in [5.41, 5.74) is 1.06. The van der Waals surface area contributed by atoms with Gasteiger partial charge in [-0.15, -0.1) is 0 Å².